The van der Waals surface area contributed by atoms with Crippen molar-refractivity contribution in [3.8, 4) is 0 Å². The molecule has 0 amide bonds. The summed E-state index contributed by atoms with van der Waals surface area (Å²) in [7, 11) is 0. The van der Waals surface area contributed by atoms with Crippen LogP contribution in [0, 0.1) is 0 Å². The number of fused-ring (bicyclic) bond motifs is 1. The van der Waals surface area contributed by atoms with E-state index in [9.17, 15) is 0 Å². The van der Waals surface area contributed by atoms with Crippen LogP contribution in [0.1, 0.15) is 17.5 Å². The minimum absolute atomic E-state index is 0.536. The maximum Gasteiger partial charge on any atom is 0.215 e. The molecule has 1 aliphatic rings. The molecule has 4 nitrogen and oxygen atoms in total. The van der Waals surface area contributed by atoms with Crippen molar-refractivity contribution in [2.45, 2.75) is 19.3 Å². The summed E-state index contributed by atoms with van der Waals surface area (Å²) in [6.07, 6.45) is 3.60. The number of aliphatic imine (C=N–C) groups is 1. The number of hydrogen-bond acceptors (Lipinski definition) is 2. The molecule has 0 atom stereocenters. The Labute approximate surface area is 118 Å². The van der Waals surface area contributed by atoms with Crippen molar-refractivity contribution in [2.24, 2.45) is 10.8 Å². The van der Waals surface area contributed by atoms with E-state index in [4.69, 9.17) is 5.84 Å². The summed E-state index contributed by atoms with van der Waals surface area (Å²) in [6.45, 7) is 0. The highest BCUT2D eigenvalue weighted by atomic mass is 15.3. The molecule has 2 aromatic carbocycles. The van der Waals surface area contributed by atoms with Gasteiger partial charge in [-0.3, -0.25) is 5.43 Å². The minimum Gasteiger partial charge on any atom is -0.325 e. The van der Waals surface area contributed by atoms with Crippen LogP contribution in [0.15, 0.2) is 53.5 Å². The van der Waals surface area contributed by atoms with E-state index in [-0.39, 0.29) is 0 Å². The Bertz CT molecular complexity index is 620. The van der Waals surface area contributed by atoms with E-state index < -0.39 is 0 Å². The SMILES string of the molecule is NNC(=Nc1ccccc1)Nc1ccc2c(c1)CCC2. The lowest BCUT2D eigenvalue weighted by Gasteiger charge is -2.10. The lowest BCUT2D eigenvalue weighted by molar-refractivity contribution is 0.912. The summed E-state index contributed by atoms with van der Waals surface area (Å²) in [5.41, 5.74) is 7.35. The summed E-state index contributed by atoms with van der Waals surface area (Å²) in [5.74, 6) is 6.07. The molecular formula is C16H18N4. The van der Waals surface area contributed by atoms with Crippen LogP contribution >= 0.6 is 0 Å². The van der Waals surface area contributed by atoms with Gasteiger partial charge in [0.05, 0.1) is 5.69 Å². The van der Waals surface area contributed by atoms with Crippen molar-refractivity contribution in [3.05, 3.63) is 59.7 Å². The largest absolute Gasteiger partial charge is 0.325 e. The lowest BCUT2D eigenvalue weighted by atomic mass is 10.1. The van der Waals surface area contributed by atoms with Crippen molar-refractivity contribution in [1.29, 1.82) is 0 Å². The quantitative estimate of drug-likeness (QED) is 0.339. The van der Waals surface area contributed by atoms with E-state index in [0.29, 0.717) is 5.96 Å². The van der Waals surface area contributed by atoms with Crippen LogP contribution in [0.25, 0.3) is 0 Å². The maximum absolute atomic E-state index is 5.54. The third-order valence-corrected chi connectivity index (χ3v) is 3.50. The molecule has 3 rings (SSSR count). The number of benzene rings is 2. The van der Waals surface area contributed by atoms with Crippen molar-refractivity contribution in [2.75, 3.05) is 5.32 Å². The molecule has 4 heteroatoms. The second kappa shape index (κ2) is 5.75. The predicted molar refractivity (Wildman–Crippen MR) is 82.9 cm³/mol. The minimum atomic E-state index is 0.536. The zero-order chi connectivity index (χ0) is 13.8. The number of aryl methyl sites for hydroxylation is 2. The van der Waals surface area contributed by atoms with Gasteiger partial charge in [-0.1, -0.05) is 24.3 Å². The van der Waals surface area contributed by atoms with Crippen LogP contribution in [-0.4, -0.2) is 5.96 Å². The van der Waals surface area contributed by atoms with E-state index in [1.165, 1.54) is 24.0 Å². The van der Waals surface area contributed by atoms with Gasteiger partial charge in [0.1, 0.15) is 0 Å². The summed E-state index contributed by atoms with van der Waals surface area (Å²) in [6, 6.07) is 16.2. The zero-order valence-electron chi connectivity index (χ0n) is 11.3. The lowest BCUT2D eigenvalue weighted by Crippen LogP contribution is -2.36. The van der Waals surface area contributed by atoms with Gasteiger partial charge in [0.15, 0.2) is 0 Å². The Morgan fingerprint density at radius 3 is 2.60 bits per heavy atom. The highest BCUT2D eigenvalue weighted by molar-refractivity contribution is 5.95. The number of rotatable bonds is 2. The van der Waals surface area contributed by atoms with Crippen LogP contribution in [0.2, 0.25) is 0 Å². The number of hydrazine groups is 1. The van der Waals surface area contributed by atoms with E-state index in [1.54, 1.807) is 0 Å². The molecular weight excluding hydrogens is 248 g/mol. The second-order valence-electron chi connectivity index (χ2n) is 4.90. The molecule has 0 saturated heterocycles. The third kappa shape index (κ3) is 2.81. The van der Waals surface area contributed by atoms with Gasteiger partial charge in [-0.05, 0) is 54.7 Å². The first kappa shape index (κ1) is 12.7. The van der Waals surface area contributed by atoms with Crippen LogP contribution in [0.5, 0.6) is 0 Å². The van der Waals surface area contributed by atoms with Crippen molar-refractivity contribution in [3.63, 3.8) is 0 Å². The number of nitrogens with zero attached hydrogens (tertiary/aromatic N) is 1. The average molecular weight is 266 g/mol. The summed E-state index contributed by atoms with van der Waals surface area (Å²) in [5, 5.41) is 3.22. The topological polar surface area (TPSA) is 62.4 Å². The van der Waals surface area contributed by atoms with Crippen LogP contribution in [0.3, 0.4) is 0 Å². The normalized spacial score (nSPS) is 13.9. The number of hydrogen-bond donors (Lipinski definition) is 3. The Hall–Kier alpha value is -2.33. The fraction of sp³-hybridized carbons (Fsp3) is 0.188. The maximum atomic E-state index is 5.54. The van der Waals surface area contributed by atoms with Gasteiger partial charge in [0.25, 0.3) is 0 Å². The molecule has 0 heterocycles. The summed E-state index contributed by atoms with van der Waals surface area (Å²) in [4.78, 5) is 4.44. The monoisotopic (exact) mass is 266 g/mol. The number of nitrogens with two attached hydrogens (primary N) is 1. The molecule has 1 aliphatic carbocycles. The molecule has 0 aromatic heterocycles. The number of anilines is 1. The van der Waals surface area contributed by atoms with Gasteiger partial charge in [-0.25, -0.2) is 10.8 Å². The van der Waals surface area contributed by atoms with Crippen LogP contribution in [-0.2, 0) is 12.8 Å². The van der Waals surface area contributed by atoms with Crippen molar-refractivity contribution >= 4 is 17.3 Å². The van der Waals surface area contributed by atoms with E-state index in [0.717, 1.165) is 17.8 Å². The molecule has 0 fully saturated rings. The zero-order valence-corrected chi connectivity index (χ0v) is 11.3. The van der Waals surface area contributed by atoms with E-state index in [1.807, 2.05) is 30.3 Å². The molecule has 0 bridgehead atoms. The first-order valence-electron chi connectivity index (χ1n) is 6.84. The summed E-state index contributed by atoms with van der Waals surface area (Å²) < 4.78 is 0. The molecule has 102 valence electrons. The fourth-order valence-electron chi connectivity index (χ4n) is 2.51. The first-order valence-corrected chi connectivity index (χ1v) is 6.84. The van der Waals surface area contributed by atoms with Crippen LogP contribution < -0.4 is 16.6 Å². The molecule has 0 aliphatic heterocycles. The Kier molecular flexibility index (Phi) is 3.65. The van der Waals surface area contributed by atoms with Crippen molar-refractivity contribution < 1.29 is 0 Å². The first-order chi connectivity index (χ1) is 9.85. The molecule has 4 N–H and O–H groups in total. The molecule has 0 unspecified atom stereocenters. The highest BCUT2D eigenvalue weighted by Gasteiger charge is 2.11. The Morgan fingerprint density at radius 2 is 1.80 bits per heavy atom. The Morgan fingerprint density at radius 1 is 1.00 bits per heavy atom. The van der Waals surface area contributed by atoms with Gasteiger partial charge in [0.2, 0.25) is 5.96 Å². The van der Waals surface area contributed by atoms with Crippen LogP contribution in [0.4, 0.5) is 11.4 Å². The van der Waals surface area contributed by atoms with Crippen molar-refractivity contribution in [1.82, 2.24) is 5.43 Å². The smallest absolute Gasteiger partial charge is 0.215 e. The molecule has 0 saturated carbocycles. The van der Waals surface area contributed by atoms with Gasteiger partial charge in [0, 0.05) is 5.69 Å². The number of nitrogens with one attached hydrogen (secondary N) is 2. The van der Waals surface area contributed by atoms with E-state index >= 15 is 0 Å². The predicted octanol–water partition coefficient (Wildman–Crippen LogP) is 2.74. The number of para-hydroxylation sites is 1. The van der Waals surface area contributed by atoms with Gasteiger partial charge in [-0.15, -0.1) is 0 Å². The summed E-state index contributed by atoms with van der Waals surface area (Å²) >= 11 is 0. The highest BCUT2D eigenvalue weighted by Crippen LogP contribution is 2.24. The van der Waals surface area contributed by atoms with E-state index in [2.05, 4.69) is 33.9 Å². The number of guanidine groups is 1. The van der Waals surface area contributed by atoms with Gasteiger partial charge in [-0.2, -0.15) is 0 Å². The van der Waals surface area contributed by atoms with Gasteiger partial charge < -0.3 is 5.32 Å². The third-order valence-electron chi connectivity index (χ3n) is 3.50. The second-order valence-corrected chi connectivity index (χ2v) is 4.90. The standard InChI is InChI=1S/C16H18N4/c17-20-16(18-14-7-2-1-3-8-14)19-15-10-9-12-5-4-6-13(12)11-15/h1-3,7-11H,4-6,17H2,(H2,18,19,20). The fourth-order valence-corrected chi connectivity index (χ4v) is 2.51. The molecule has 0 spiro atoms. The molecule has 0 radical (unpaired) electrons. The van der Waals surface area contributed by atoms with Gasteiger partial charge >= 0.3 is 0 Å². The molecule has 2 aromatic rings. The Balaban J connectivity index is 1.80. The molecule has 20 heavy (non-hydrogen) atoms. The average Bonchev–Trinajstić information content (AvgIpc) is 2.95.